The van der Waals surface area contributed by atoms with E-state index in [1.165, 1.54) is 4.90 Å². The van der Waals surface area contributed by atoms with Crippen LogP contribution < -0.4 is 0 Å². The van der Waals surface area contributed by atoms with E-state index in [9.17, 15) is 9.90 Å². The van der Waals surface area contributed by atoms with Crippen LogP contribution in [0.25, 0.3) is 11.0 Å². The van der Waals surface area contributed by atoms with Crippen molar-refractivity contribution in [3.8, 4) is 12.1 Å². The first-order valence-electron chi connectivity index (χ1n) is 5.87. The summed E-state index contributed by atoms with van der Waals surface area (Å²) in [6.07, 6.45) is 0. The zero-order valence-corrected chi connectivity index (χ0v) is 10.5. The molecule has 0 atom stereocenters. The Kier molecular flexibility index (Phi) is 3.99. The van der Waals surface area contributed by atoms with Gasteiger partial charge in [0.25, 0.3) is 0 Å². The normalized spacial score (nSPS) is 10.3. The maximum absolute atomic E-state index is 11.4. The molecule has 0 bridgehead atoms. The number of nitriles is 2. The number of aromatic carboxylic acids is 1. The van der Waals surface area contributed by atoms with Crippen LogP contribution in [-0.4, -0.2) is 29.1 Å². The molecule has 20 heavy (non-hydrogen) atoms. The van der Waals surface area contributed by atoms with Crippen LogP contribution in [-0.2, 0) is 6.54 Å². The van der Waals surface area contributed by atoms with Gasteiger partial charge in [-0.1, -0.05) is 18.2 Å². The van der Waals surface area contributed by atoms with Gasteiger partial charge in [-0.3, -0.25) is 4.90 Å². The van der Waals surface area contributed by atoms with Crippen molar-refractivity contribution in [3.05, 3.63) is 35.6 Å². The zero-order valence-electron chi connectivity index (χ0n) is 10.5. The highest BCUT2D eigenvalue weighted by molar-refractivity contribution is 6.03. The molecule has 0 unspecified atom stereocenters. The van der Waals surface area contributed by atoms with Crippen LogP contribution in [0.15, 0.2) is 28.7 Å². The number of nitrogens with zero attached hydrogens (tertiary/aromatic N) is 3. The molecule has 0 amide bonds. The molecule has 6 heteroatoms. The lowest BCUT2D eigenvalue weighted by atomic mass is 10.1. The zero-order chi connectivity index (χ0) is 14.5. The summed E-state index contributed by atoms with van der Waals surface area (Å²) in [5.41, 5.74) is 0.565. The summed E-state index contributed by atoms with van der Waals surface area (Å²) in [5, 5.41) is 27.3. The maximum atomic E-state index is 11.4. The van der Waals surface area contributed by atoms with Crippen molar-refractivity contribution < 1.29 is 14.3 Å². The fourth-order valence-corrected chi connectivity index (χ4v) is 2.01. The van der Waals surface area contributed by atoms with Crippen molar-refractivity contribution in [2.24, 2.45) is 0 Å². The second kappa shape index (κ2) is 5.87. The van der Waals surface area contributed by atoms with E-state index in [4.69, 9.17) is 14.9 Å². The van der Waals surface area contributed by atoms with Crippen molar-refractivity contribution in [1.82, 2.24) is 4.90 Å². The summed E-state index contributed by atoms with van der Waals surface area (Å²) in [6, 6.07) is 10.7. The van der Waals surface area contributed by atoms with Crippen molar-refractivity contribution in [2.75, 3.05) is 13.1 Å². The first-order chi connectivity index (χ1) is 9.67. The van der Waals surface area contributed by atoms with E-state index in [-0.39, 0.29) is 31.0 Å². The number of carboxylic acid groups (broad SMARTS) is 1. The number of carbonyl (C=O) groups is 1. The molecule has 0 fully saturated rings. The average molecular weight is 269 g/mol. The summed E-state index contributed by atoms with van der Waals surface area (Å²) < 4.78 is 5.54. The van der Waals surface area contributed by atoms with Gasteiger partial charge in [-0.25, -0.2) is 4.79 Å². The SMILES string of the molecule is N#CCN(CC#N)Cc1oc2ccccc2c1C(=O)O. The van der Waals surface area contributed by atoms with Crippen molar-refractivity contribution in [2.45, 2.75) is 6.54 Å². The molecule has 2 aromatic rings. The van der Waals surface area contributed by atoms with E-state index < -0.39 is 5.97 Å². The lowest BCUT2D eigenvalue weighted by Crippen LogP contribution is -2.24. The van der Waals surface area contributed by atoms with Crippen LogP contribution in [0.3, 0.4) is 0 Å². The van der Waals surface area contributed by atoms with Gasteiger partial charge in [0.15, 0.2) is 0 Å². The molecule has 2 rings (SSSR count). The number of carboxylic acids is 1. The largest absolute Gasteiger partial charge is 0.478 e. The summed E-state index contributed by atoms with van der Waals surface area (Å²) >= 11 is 0. The van der Waals surface area contributed by atoms with Gasteiger partial charge in [-0.2, -0.15) is 10.5 Å². The van der Waals surface area contributed by atoms with Gasteiger partial charge < -0.3 is 9.52 Å². The fraction of sp³-hybridized carbons (Fsp3) is 0.214. The Morgan fingerprint density at radius 3 is 2.50 bits per heavy atom. The quantitative estimate of drug-likeness (QED) is 0.833. The Labute approximate surface area is 115 Å². The van der Waals surface area contributed by atoms with Crippen molar-refractivity contribution in [1.29, 1.82) is 10.5 Å². The van der Waals surface area contributed by atoms with Crippen LogP contribution in [0, 0.1) is 22.7 Å². The standard InChI is InChI=1S/C14H11N3O3/c15-5-7-17(8-6-16)9-12-13(14(18)19)10-3-1-2-4-11(10)20-12/h1-4H,7-9H2,(H,18,19). The number of benzene rings is 1. The molecular weight excluding hydrogens is 258 g/mol. The molecule has 1 aromatic heterocycles. The van der Waals surface area contributed by atoms with Crippen molar-refractivity contribution in [3.63, 3.8) is 0 Å². The van der Waals surface area contributed by atoms with E-state index >= 15 is 0 Å². The molecule has 0 aliphatic carbocycles. The lowest BCUT2D eigenvalue weighted by molar-refractivity contribution is 0.0695. The van der Waals surface area contributed by atoms with Crippen LogP contribution in [0.2, 0.25) is 0 Å². The Morgan fingerprint density at radius 2 is 1.90 bits per heavy atom. The first kappa shape index (κ1) is 13.6. The van der Waals surface area contributed by atoms with E-state index in [1.807, 2.05) is 12.1 Å². The maximum Gasteiger partial charge on any atom is 0.339 e. The molecule has 1 aromatic carbocycles. The minimum absolute atomic E-state index is 0.0314. The van der Waals surface area contributed by atoms with Gasteiger partial charge in [-0.15, -0.1) is 0 Å². The molecule has 0 aliphatic heterocycles. The highest BCUT2D eigenvalue weighted by atomic mass is 16.4. The second-order valence-corrected chi connectivity index (χ2v) is 4.16. The third-order valence-electron chi connectivity index (χ3n) is 2.84. The van der Waals surface area contributed by atoms with Crippen molar-refractivity contribution >= 4 is 16.9 Å². The molecule has 1 heterocycles. The van der Waals surface area contributed by atoms with Gasteiger partial charge in [0.05, 0.1) is 31.8 Å². The van der Waals surface area contributed by atoms with Gasteiger partial charge in [0, 0.05) is 5.39 Å². The minimum atomic E-state index is -1.08. The van der Waals surface area contributed by atoms with E-state index in [0.29, 0.717) is 11.0 Å². The summed E-state index contributed by atoms with van der Waals surface area (Å²) in [7, 11) is 0. The van der Waals surface area contributed by atoms with Gasteiger partial charge in [0.2, 0.25) is 0 Å². The number of furan rings is 1. The van der Waals surface area contributed by atoms with E-state index in [2.05, 4.69) is 0 Å². The lowest BCUT2D eigenvalue weighted by Gasteiger charge is -2.13. The number of hydrogen-bond donors (Lipinski definition) is 1. The Balaban J connectivity index is 2.43. The molecular formula is C14H11N3O3. The van der Waals surface area contributed by atoms with Gasteiger partial charge in [0.1, 0.15) is 16.9 Å². The Bertz CT molecular complexity index is 705. The number of fused-ring (bicyclic) bond motifs is 1. The summed E-state index contributed by atoms with van der Waals surface area (Å²) in [4.78, 5) is 12.9. The minimum Gasteiger partial charge on any atom is -0.478 e. The monoisotopic (exact) mass is 269 g/mol. The predicted octanol–water partition coefficient (Wildman–Crippen LogP) is 1.98. The van der Waals surface area contributed by atoms with Crippen LogP contribution in [0.5, 0.6) is 0 Å². The number of rotatable bonds is 5. The molecule has 1 N–H and O–H groups in total. The van der Waals surface area contributed by atoms with Crippen LogP contribution in [0.1, 0.15) is 16.1 Å². The molecule has 0 saturated carbocycles. The first-order valence-corrected chi connectivity index (χ1v) is 5.87. The van der Waals surface area contributed by atoms with Crippen LogP contribution in [0.4, 0.5) is 0 Å². The number of hydrogen-bond acceptors (Lipinski definition) is 5. The molecule has 0 spiro atoms. The Morgan fingerprint density at radius 1 is 1.25 bits per heavy atom. The summed E-state index contributed by atoms with van der Waals surface area (Å²) in [5.74, 6) is -0.831. The van der Waals surface area contributed by atoms with E-state index in [1.54, 1.807) is 24.3 Å². The molecule has 0 radical (unpaired) electrons. The third-order valence-corrected chi connectivity index (χ3v) is 2.84. The average Bonchev–Trinajstić information content (AvgIpc) is 2.77. The molecule has 100 valence electrons. The van der Waals surface area contributed by atoms with Gasteiger partial charge >= 0.3 is 5.97 Å². The molecule has 0 aliphatic rings. The molecule has 6 nitrogen and oxygen atoms in total. The third kappa shape index (κ3) is 2.61. The van der Waals surface area contributed by atoms with E-state index in [0.717, 1.165) is 0 Å². The fourth-order valence-electron chi connectivity index (χ4n) is 2.01. The van der Waals surface area contributed by atoms with Crippen LogP contribution >= 0.6 is 0 Å². The molecule has 0 saturated heterocycles. The second-order valence-electron chi connectivity index (χ2n) is 4.16. The highest BCUT2D eigenvalue weighted by Crippen LogP contribution is 2.26. The topological polar surface area (TPSA) is 101 Å². The highest BCUT2D eigenvalue weighted by Gasteiger charge is 2.21. The Hall–Kier alpha value is -2.83. The summed E-state index contributed by atoms with van der Waals surface area (Å²) in [6.45, 7) is 0.171. The van der Waals surface area contributed by atoms with Gasteiger partial charge in [-0.05, 0) is 6.07 Å². The number of para-hydroxylation sites is 1. The predicted molar refractivity (Wildman–Crippen MR) is 69.7 cm³/mol. The smallest absolute Gasteiger partial charge is 0.339 e.